The van der Waals surface area contributed by atoms with Gasteiger partial charge in [-0.2, -0.15) is 0 Å². The molecule has 3 aromatic rings. The lowest BCUT2D eigenvalue weighted by atomic mass is 9.97. The van der Waals surface area contributed by atoms with E-state index in [1.165, 1.54) is 6.07 Å². The van der Waals surface area contributed by atoms with Crippen molar-refractivity contribution in [2.75, 3.05) is 11.9 Å². The average Bonchev–Trinajstić information content (AvgIpc) is 2.98. The molecule has 1 heterocycles. The lowest BCUT2D eigenvalue weighted by Gasteiger charge is -2.15. The van der Waals surface area contributed by atoms with Gasteiger partial charge in [-0.05, 0) is 61.9 Å². The number of hydrogen-bond donors (Lipinski definition) is 1. The highest BCUT2D eigenvalue weighted by Gasteiger charge is 2.23. The standard InChI is InChI=1S/C24H23FN2O3/c1-15-11-12-16(13-19(15)25)26-22(28)14-30-24(29)23-17-7-3-2-4-9-20(17)27-21-10-6-5-8-18(21)23/h5-6,8,10-13H,2-4,7,9,14H2,1H3,(H,26,28). The highest BCUT2D eigenvalue weighted by atomic mass is 19.1. The average molecular weight is 406 g/mol. The number of aryl methyl sites for hydroxylation is 2. The molecule has 4 rings (SSSR count). The van der Waals surface area contributed by atoms with Crippen LogP contribution in [0.4, 0.5) is 10.1 Å². The zero-order chi connectivity index (χ0) is 21.1. The number of para-hydroxylation sites is 1. The van der Waals surface area contributed by atoms with E-state index in [4.69, 9.17) is 9.72 Å². The summed E-state index contributed by atoms with van der Waals surface area (Å²) in [5.74, 6) is -1.45. The summed E-state index contributed by atoms with van der Waals surface area (Å²) in [4.78, 5) is 30.0. The molecule has 0 fully saturated rings. The number of nitrogens with zero attached hydrogens (tertiary/aromatic N) is 1. The van der Waals surface area contributed by atoms with E-state index < -0.39 is 24.3 Å². The number of halogens is 1. The summed E-state index contributed by atoms with van der Waals surface area (Å²) in [5, 5.41) is 3.30. The molecule has 0 unspecified atom stereocenters. The van der Waals surface area contributed by atoms with Crippen LogP contribution in [0, 0.1) is 12.7 Å². The fourth-order valence-corrected chi connectivity index (χ4v) is 3.85. The number of amides is 1. The second-order valence-corrected chi connectivity index (χ2v) is 7.58. The molecule has 1 amide bonds. The maximum absolute atomic E-state index is 13.7. The maximum atomic E-state index is 13.7. The summed E-state index contributed by atoms with van der Waals surface area (Å²) in [7, 11) is 0. The Morgan fingerprint density at radius 3 is 2.73 bits per heavy atom. The molecule has 5 nitrogen and oxygen atoms in total. The van der Waals surface area contributed by atoms with Gasteiger partial charge in [-0.15, -0.1) is 0 Å². The Morgan fingerprint density at radius 2 is 1.90 bits per heavy atom. The zero-order valence-electron chi connectivity index (χ0n) is 16.8. The highest BCUT2D eigenvalue weighted by molar-refractivity contribution is 6.06. The van der Waals surface area contributed by atoms with Crippen molar-refractivity contribution < 1.29 is 18.7 Å². The van der Waals surface area contributed by atoms with Crippen LogP contribution in [0.1, 0.15) is 46.4 Å². The molecular formula is C24H23FN2O3. The Hall–Kier alpha value is -3.28. The Kier molecular flexibility index (Phi) is 5.74. The molecule has 154 valence electrons. The van der Waals surface area contributed by atoms with Gasteiger partial charge in [-0.1, -0.05) is 30.7 Å². The number of aromatic nitrogens is 1. The first-order valence-electron chi connectivity index (χ1n) is 10.2. The van der Waals surface area contributed by atoms with Gasteiger partial charge in [0, 0.05) is 16.8 Å². The number of carbonyl (C=O) groups is 2. The van der Waals surface area contributed by atoms with E-state index in [-0.39, 0.29) is 0 Å². The predicted molar refractivity (Wildman–Crippen MR) is 113 cm³/mol. The number of hydrogen-bond acceptors (Lipinski definition) is 4. The minimum atomic E-state index is -0.531. The van der Waals surface area contributed by atoms with Crippen LogP contribution in [0.15, 0.2) is 42.5 Å². The van der Waals surface area contributed by atoms with Crippen molar-refractivity contribution in [3.63, 3.8) is 0 Å². The summed E-state index contributed by atoms with van der Waals surface area (Å²) in [6, 6.07) is 11.9. The fraction of sp³-hybridized carbons (Fsp3) is 0.292. The summed E-state index contributed by atoms with van der Waals surface area (Å²) in [5.41, 5.74) is 3.94. The molecule has 0 aliphatic heterocycles. The van der Waals surface area contributed by atoms with Crippen LogP contribution in [0.3, 0.4) is 0 Å². The minimum absolute atomic E-state index is 0.322. The Bertz CT molecular complexity index is 1130. The Balaban J connectivity index is 1.55. The number of ether oxygens (including phenoxy) is 1. The summed E-state index contributed by atoms with van der Waals surface area (Å²) in [6.45, 7) is 1.20. The first kappa shape index (κ1) is 20.0. The molecular weight excluding hydrogens is 383 g/mol. The third-order valence-corrected chi connectivity index (χ3v) is 5.41. The molecule has 6 heteroatoms. The van der Waals surface area contributed by atoms with Gasteiger partial charge in [0.1, 0.15) is 5.82 Å². The fourth-order valence-electron chi connectivity index (χ4n) is 3.85. The van der Waals surface area contributed by atoms with Crippen molar-refractivity contribution >= 4 is 28.5 Å². The first-order chi connectivity index (χ1) is 14.5. The van der Waals surface area contributed by atoms with Crippen LogP contribution >= 0.6 is 0 Å². The minimum Gasteiger partial charge on any atom is -0.452 e. The normalized spacial score (nSPS) is 13.4. The van der Waals surface area contributed by atoms with Crippen molar-refractivity contribution in [1.29, 1.82) is 0 Å². The summed E-state index contributed by atoms with van der Waals surface area (Å²) >= 11 is 0. The molecule has 0 bridgehead atoms. The molecule has 30 heavy (non-hydrogen) atoms. The van der Waals surface area contributed by atoms with Crippen molar-refractivity contribution in [1.82, 2.24) is 4.98 Å². The van der Waals surface area contributed by atoms with Crippen LogP contribution in [-0.2, 0) is 22.4 Å². The van der Waals surface area contributed by atoms with Crippen LogP contribution in [-0.4, -0.2) is 23.5 Å². The Labute approximate surface area is 174 Å². The van der Waals surface area contributed by atoms with Gasteiger partial charge < -0.3 is 10.1 Å². The quantitative estimate of drug-likeness (QED) is 0.502. The molecule has 0 atom stereocenters. The van der Waals surface area contributed by atoms with Crippen molar-refractivity contribution in [2.24, 2.45) is 0 Å². The van der Waals surface area contributed by atoms with Crippen LogP contribution < -0.4 is 5.32 Å². The third kappa shape index (κ3) is 4.17. The van der Waals surface area contributed by atoms with Gasteiger partial charge in [0.05, 0.1) is 11.1 Å². The van der Waals surface area contributed by atoms with E-state index in [1.807, 2.05) is 24.3 Å². The van der Waals surface area contributed by atoms with E-state index in [2.05, 4.69) is 5.32 Å². The summed E-state index contributed by atoms with van der Waals surface area (Å²) in [6.07, 6.45) is 4.73. The first-order valence-corrected chi connectivity index (χ1v) is 10.2. The van der Waals surface area contributed by atoms with Crippen molar-refractivity contribution in [3.05, 3.63) is 70.7 Å². The predicted octanol–water partition coefficient (Wildman–Crippen LogP) is 4.75. The van der Waals surface area contributed by atoms with E-state index in [9.17, 15) is 14.0 Å². The molecule has 0 saturated carbocycles. The number of benzene rings is 2. The summed E-state index contributed by atoms with van der Waals surface area (Å²) < 4.78 is 19.0. The molecule has 0 saturated heterocycles. The maximum Gasteiger partial charge on any atom is 0.339 e. The molecule has 2 aromatic carbocycles. The largest absolute Gasteiger partial charge is 0.452 e. The Morgan fingerprint density at radius 1 is 1.10 bits per heavy atom. The van der Waals surface area contributed by atoms with Gasteiger partial charge >= 0.3 is 5.97 Å². The molecule has 1 N–H and O–H groups in total. The number of carbonyl (C=O) groups excluding carboxylic acids is 2. The SMILES string of the molecule is Cc1ccc(NC(=O)COC(=O)c2c3c(nc4ccccc24)CCCCC3)cc1F. The topological polar surface area (TPSA) is 68.3 Å². The number of anilines is 1. The molecule has 1 aromatic heterocycles. The van der Waals surface area contributed by atoms with Gasteiger partial charge in [0.15, 0.2) is 6.61 Å². The molecule has 0 radical (unpaired) electrons. The van der Waals surface area contributed by atoms with E-state index in [1.54, 1.807) is 19.1 Å². The van der Waals surface area contributed by atoms with Crippen LogP contribution in [0.25, 0.3) is 10.9 Å². The van der Waals surface area contributed by atoms with Gasteiger partial charge in [0.2, 0.25) is 0 Å². The van der Waals surface area contributed by atoms with E-state index in [0.717, 1.165) is 54.3 Å². The van der Waals surface area contributed by atoms with Crippen molar-refractivity contribution in [2.45, 2.75) is 39.0 Å². The number of pyridine rings is 1. The van der Waals surface area contributed by atoms with Gasteiger partial charge in [-0.3, -0.25) is 9.78 Å². The lowest BCUT2D eigenvalue weighted by molar-refractivity contribution is -0.119. The second kappa shape index (κ2) is 8.61. The molecule has 1 aliphatic rings. The van der Waals surface area contributed by atoms with E-state index >= 15 is 0 Å². The van der Waals surface area contributed by atoms with Gasteiger partial charge in [-0.25, -0.2) is 9.18 Å². The third-order valence-electron chi connectivity index (χ3n) is 5.41. The second-order valence-electron chi connectivity index (χ2n) is 7.58. The monoisotopic (exact) mass is 406 g/mol. The lowest BCUT2D eigenvalue weighted by Crippen LogP contribution is -2.22. The molecule has 1 aliphatic carbocycles. The number of esters is 1. The molecule has 0 spiro atoms. The van der Waals surface area contributed by atoms with Crippen molar-refractivity contribution in [3.8, 4) is 0 Å². The van der Waals surface area contributed by atoms with Gasteiger partial charge in [0.25, 0.3) is 5.91 Å². The van der Waals surface area contributed by atoms with Crippen LogP contribution in [0.5, 0.6) is 0 Å². The number of rotatable bonds is 4. The smallest absolute Gasteiger partial charge is 0.339 e. The number of nitrogens with one attached hydrogen (secondary N) is 1. The number of fused-ring (bicyclic) bond motifs is 2. The highest BCUT2D eigenvalue weighted by Crippen LogP contribution is 2.29. The zero-order valence-corrected chi connectivity index (χ0v) is 16.8. The van der Waals surface area contributed by atoms with Crippen LogP contribution in [0.2, 0.25) is 0 Å². The van der Waals surface area contributed by atoms with E-state index in [0.29, 0.717) is 16.8 Å².